The maximum absolute atomic E-state index is 13.3. The first kappa shape index (κ1) is 23.5. The number of amides is 1. The van der Waals surface area contributed by atoms with Gasteiger partial charge in [-0.2, -0.15) is 0 Å². The van der Waals surface area contributed by atoms with Crippen molar-refractivity contribution in [1.82, 2.24) is 5.32 Å². The number of aryl methyl sites for hydroxylation is 2. The molecule has 0 spiro atoms. The highest BCUT2D eigenvalue weighted by Gasteiger charge is 2.27. The summed E-state index contributed by atoms with van der Waals surface area (Å²) in [5.74, 6) is 1.07. The molecule has 0 bridgehead atoms. The Morgan fingerprint density at radius 1 is 1.14 bits per heavy atom. The molecule has 1 saturated carbocycles. The number of fused-ring (bicyclic) bond motifs is 1. The summed E-state index contributed by atoms with van der Waals surface area (Å²) in [6.45, 7) is 1.71. The Kier molecular flexibility index (Phi) is 6.81. The standard InChI is InChI=1S/C27H29N3O4S/c1-17-11-12-18(15-22(17)30(32)33)23-14-13-20(34-23)16-28-27-25(21-9-5-6-10-24(21)35-27)26(31)29-19-7-3-2-4-8-19/h11-16,19H,2-10H2,1H3,(H,29,31)/b28-16-. The number of nitrogens with zero attached hydrogens (tertiary/aromatic N) is 2. The fourth-order valence-corrected chi connectivity index (χ4v) is 6.27. The van der Waals surface area contributed by atoms with Gasteiger partial charge in [0, 0.05) is 28.1 Å². The smallest absolute Gasteiger partial charge is 0.273 e. The summed E-state index contributed by atoms with van der Waals surface area (Å²) < 4.78 is 5.92. The summed E-state index contributed by atoms with van der Waals surface area (Å²) >= 11 is 1.61. The molecule has 1 amide bonds. The summed E-state index contributed by atoms with van der Waals surface area (Å²) in [7, 11) is 0. The lowest BCUT2D eigenvalue weighted by Gasteiger charge is -2.23. The first-order valence-corrected chi connectivity index (χ1v) is 13.2. The molecule has 0 aliphatic heterocycles. The monoisotopic (exact) mass is 491 g/mol. The fourth-order valence-electron chi connectivity index (χ4n) is 5.04. The van der Waals surface area contributed by atoms with Crippen LogP contribution in [0.25, 0.3) is 11.3 Å². The number of nitro groups is 1. The molecule has 1 aromatic carbocycles. The van der Waals surface area contributed by atoms with Gasteiger partial charge in [0.1, 0.15) is 16.5 Å². The van der Waals surface area contributed by atoms with Crippen LogP contribution in [0.5, 0.6) is 0 Å². The first-order valence-electron chi connectivity index (χ1n) is 12.3. The zero-order valence-corrected chi connectivity index (χ0v) is 20.7. The van der Waals surface area contributed by atoms with E-state index in [-0.39, 0.29) is 22.6 Å². The number of furan rings is 1. The molecular weight excluding hydrogens is 462 g/mol. The van der Waals surface area contributed by atoms with Crippen molar-refractivity contribution in [2.24, 2.45) is 4.99 Å². The average Bonchev–Trinajstić information content (AvgIpc) is 3.48. The van der Waals surface area contributed by atoms with Gasteiger partial charge in [0.2, 0.25) is 0 Å². The van der Waals surface area contributed by atoms with Crippen LogP contribution in [-0.4, -0.2) is 23.1 Å². The molecule has 0 radical (unpaired) electrons. The molecule has 182 valence electrons. The molecule has 2 aliphatic carbocycles. The molecule has 3 aromatic rings. The summed E-state index contributed by atoms with van der Waals surface area (Å²) in [5, 5.41) is 15.3. The van der Waals surface area contributed by atoms with Crippen LogP contribution in [0, 0.1) is 17.0 Å². The summed E-state index contributed by atoms with van der Waals surface area (Å²) in [4.78, 5) is 30.2. The highest BCUT2D eigenvalue weighted by Crippen LogP contribution is 2.40. The highest BCUT2D eigenvalue weighted by molar-refractivity contribution is 7.16. The molecule has 35 heavy (non-hydrogen) atoms. The van der Waals surface area contributed by atoms with Crippen molar-refractivity contribution in [2.45, 2.75) is 70.8 Å². The van der Waals surface area contributed by atoms with Gasteiger partial charge in [-0.05, 0) is 63.1 Å². The Morgan fingerprint density at radius 2 is 1.94 bits per heavy atom. The van der Waals surface area contributed by atoms with E-state index in [2.05, 4.69) is 5.32 Å². The molecule has 8 heteroatoms. The van der Waals surface area contributed by atoms with Gasteiger partial charge in [-0.1, -0.05) is 31.4 Å². The molecule has 1 N–H and O–H groups in total. The Hall–Kier alpha value is -3.26. The van der Waals surface area contributed by atoms with Crippen LogP contribution >= 0.6 is 11.3 Å². The quantitative estimate of drug-likeness (QED) is 0.230. The predicted molar refractivity (Wildman–Crippen MR) is 138 cm³/mol. The topological polar surface area (TPSA) is 97.7 Å². The number of nitro benzene ring substituents is 1. The minimum Gasteiger partial charge on any atom is -0.455 e. The number of rotatable bonds is 6. The number of hydrogen-bond acceptors (Lipinski definition) is 6. The van der Waals surface area contributed by atoms with E-state index >= 15 is 0 Å². The molecule has 7 nitrogen and oxygen atoms in total. The van der Waals surface area contributed by atoms with Crippen molar-refractivity contribution >= 4 is 34.1 Å². The lowest BCUT2D eigenvalue weighted by molar-refractivity contribution is -0.385. The molecule has 0 unspecified atom stereocenters. The number of hydrogen-bond donors (Lipinski definition) is 1. The predicted octanol–water partition coefficient (Wildman–Crippen LogP) is 6.92. The van der Waals surface area contributed by atoms with E-state index in [0.717, 1.165) is 54.7 Å². The minimum atomic E-state index is -0.386. The van der Waals surface area contributed by atoms with Gasteiger partial charge in [0.05, 0.1) is 16.7 Å². The third-order valence-corrected chi connectivity index (χ3v) is 8.15. The SMILES string of the molecule is Cc1ccc(-c2ccc(/C=N\c3sc4c(c3C(=O)NC3CCCCC3)CCCC4)o2)cc1[N+](=O)[O-]. The summed E-state index contributed by atoms with van der Waals surface area (Å²) in [5.41, 5.74) is 3.20. The zero-order valence-electron chi connectivity index (χ0n) is 19.8. The zero-order chi connectivity index (χ0) is 24.4. The maximum atomic E-state index is 13.3. The first-order chi connectivity index (χ1) is 17.0. The van der Waals surface area contributed by atoms with Crippen LogP contribution in [0.15, 0.2) is 39.7 Å². The lowest BCUT2D eigenvalue weighted by Crippen LogP contribution is -2.36. The van der Waals surface area contributed by atoms with Gasteiger partial charge in [-0.15, -0.1) is 11.3 Å². The average molecular weight is 492 g/mol. The van der Waals surface area contributed by atoms with Crippen molar-refractivity contribution in [3.63, 3.8) is 0 Å². The Balaban J connectivity index is 1.40. The fraction of sp³-hybridized carbons (Fsp3) is 0.407. The van der Waals surface area contributed by atoms with Gasteiger partial charge in [0.25, 0.3) is 11.6 Å². The van der Waals surface area contributed by atoms with Crippen LogP contribution in [0.2, 0.25) is 0 Å². The number of aliphatic imine (C=N–C) groups is 1. The van der Waals surface area contributed by atoms with Crippen LogP contribution in [-0.2, 0) is 12.8 Å². The van der Waals surface area contributed by atoms with Crippen molar-refractivity contribution in [2.75, 3.05) is 0 Å². The van der Waals surface area contributed by atoms with Gasteiger partial charge in [-0.25, -0.2) is 4.99 Å². The van der Waals surface area contributed by atoms with Crippen molar-refractivity contribution in [1.29, 1.82) is 0 Å². The van der Waals surface area contributed by atoms with E-state index in [1.54, 1.807) is 42.7 Å². The van der Waals surface area contributed by atoms with Gasteiger partial charge >= 0.3 is 0 Å². The molecule has 0 saturated heterocycles. The van der Waals surface area contributed by atoms with Crippen molar-refractivity contribution in [3.8, 4) is 11.3 Å². The number of benzene rings is 1. The second kappa shape index (κ2) is 10.2. The lowest BCUT2D eigenvalue weighted by atomic mass is 9.93. The van der Waals surface area contributed by atoms with E-state index in [9.17, 15) is 14.9 Å². The third-order valence-electron chi connectivity index (χ3n) is 6.95. The largest absolute Gasteiger partial charge is 0.455 e. The number of nitrogens with one attached hydrogen (secondary N) is 1. The number of carbonyl (C=O) groups excluding carboxylic acids is 1. The number of thiophene rings is 1. The summed E-state index contributed by atoms with van der Waals surface area (Å²) in [6.07, 6.45) is 11.5. The maximum Gasteiger partial charge on any atom is 0.273 e. The van der Waals surface area contributed by atoms with E-state index in [1.165, 1.54) is 30.2 Å². The van der Waals surface area contributed by atoms with Crippen LogP contribution in [0.1, 0.15) is 77.1 Å². The van der Waals surface area contributed by atoms with E-state index < -0.39 is 0 Å². The summed E-state index contributed by atoms with van der Waals surface area (Å²) in [6, 6.07) is 8.88. The molecule has 1 fully saturated rings. The molecule has 2 heterocycles. The molecule has 2 aliphatic rings. The number of carbonyl (C=O) groups is 1. The molecule has 0 atom stereocenters. The van der Waals surface area contributed by atoms with Crippen molar-refractivity contribution < 1.29 is 14.1 Å². The van der Waals surface area contributed by atoms with Gasteiger partial charge in [0.15, 0.2) is 0 Å². The van der Waals surface area contributed by atoms with Gasteiger partial charge < -0.3 is 9.73 Å². The third kappa shape index (κ3) is 5.07. The second-order valence-corrected chi connectivity index (χ2v) is 10.5. The highest BCUT2D eigenvalue weighted by atomic mass is 32.1. The van der Waals surface area contributed by atoms with E-state index in [4.69, 9.17) is 9.41 Å². The molecule has 2 aromatic heterocycles. The van der Waals surface area contributed by atoms with E-state index in [1.807, 2.05) is 6.07 Å². The van der Waals surface area contributed by atoms with Crippen LogP contribution < -0.4 is 5.32 Å². The Labute approximate surface area is 208 Å². The van der Waals surface area contributed by atoms with Crippen LogP contribution in [0.3, 0.4) is 0 Å². The Bertz CT molecular complexity index is 1280. The molecule has 5 rings (SSSR count). The Morgan fingerprint density at radius 3 is 2.74 bits per heavy atom. The van der Waals surface area contributed by atoms with Crippen LogP contribution in [0.4, 0.5) is 10.7 Å². The van der Waals surface area contributed by atoms with E-state index in [0.29, 0.717) is 22.6 Å². The van der Waals surface area contributed by atoms with Gasteiger partial charge in [-0.3, -0.25) is 14.9 Å². The normalized spacial score (nSPS) is 16.4. The second-order valence-electron chi connectivity index (χ2n) is 9.42. The molecular formula is C27H29N3O4S. The van der Waals surface area contributed by atoms with Crippen molar-refractivity contribution in [3.05, 3.63) is 67.8 Å². The minimum absolute atomic E-state index is 0.00412.